The Bertz CT molecular complexity index is 1090. The Morgan fingerprint density at radius 1 is 1.06 bits per heavy atom. The van der Waals surface area contributed by atoms with Gasteiger partial charge in [0.05, 0.1) is 6.54 Å². The second-order valence-electron chi connectivity index (χ2n) is 7.27. The van der Waals surface area contributed by atoms with E-state index in [2.05, 4.69) is 27.3 Å². The van der Waals surface area contributed by atoms with Crippen LogP contribution in [0.2, 0.25) is 0 Å². The van der Waals surface area contributed by atoms with Crippen LogP contribution in [0.1, 0.15) is 31.8 Å². The molecule has 0 heterocycles. The highest BCUT2D eigenvalue weighted by Crippen LogP contribution is 2.13. The first-order valence-electron chi connectivity index (χ1n) is 10.5. The Labute approximate surface area is 201 Å². The van der Waals surface area contributed by atoms with Crippen molar-refractivity contribution >= 4 is 23.9 Å². The number of phenolic OH excluding ortho intramolecular Hbond substituents is 1. The van der Waals surface area contributed by atoms with Crippen LogP contribution in [0.3, 0.4) is 0 Å². The van der Waals surface area contributed by atoms with Crippen molar-refractivity contribution in [3.8, 4) is 5.75 Å². The van der Waals surface area contributed by atoms with Crippen molar-refractivity contribution in [2.24, 2.45) is 0 Å². The van der Waals surface area contributed by atoms with E-state index in [0.29, 0.717) is 16.7 Å². The van der Waals surface area contributed by atoms with E-state index in [1.165, 1.54) is 36.4 Å². The molecule has 5 N–H and O–H groups in total. The fourth-order valence-corrected chi connectivity index (χ4v) is 2.98. The van der Waals surface area contributed by atoms with E-state index in [9.17, 15) is 24.3 Å². The summed E-state index contributed by atoms with van der Waals surface area (Å²) in [5.41, 5.74) is 1.67. The fraction of sp³-hybridized carbons (Fsp3) is 0.250. The first-order valence-corrected chi connectivity index (χ1v) is 10.5. The molecular weight excluding hydrogens is 458 g/mol. The second-order valence-corrected chi connectivity index (χ2v) is 7.27. The highest BCUT2D eigenvalue weighted by molar-refractivity contribution is 6.00. The van der Waals surface area contributed by atoms with Gasteiger partial charge in [0.1, 0.15) is 18.4 Å². The number of amides is 3. The summed E-state index contributed by atoms with van der Waals surface area (Å²) in [7, 11) is 0. The molecule has 35 heavy (non-hydrogen) atoms. The number of rotatable bonds is 11. The normalized spacial score (nSPS) is 11.0. The Morgan fingerprint density at radius 2 is 1.83 bits per heavy atom. The van der Waals surface area contributed by atoms with Crippen LogP contribution >= 0.6 is 0 Å². The Hall–Kier alpha value is -4.38. The van der Waals surface area contributed by atoms with Crippen LogP contribution in [-0.4, -0.2) is 60.1 Å². The average molecular weight is 485 g/mol. The molecule has 0 radical (unpaired) electrons. The molecule has 2 aromatic carbocycles. The summed E-state index contributed by atoms with van der Waals surface area (Å²) in [5.74, 6) is -1.91. The lowest BCUT2D eigenvalue weighted by atomic mass is 10.0. The van der Waals surface area contributed by atoms with Crippen molar-refractivity contribution < 1.29 is 38.9 Å². The maximum absolute atomic E-state index is 12.8. The molecule has 2 aromatic rings. The first kappa shape index (κ1) is 26.9. The average Bonchev–Trinajstić information content (AvgIpc) is 2.83. The summed E-state index contributed by atoms with van der Waals surface area (Å²) < 4.78 is 9.28. The van der Waals surface area contributed by atoms with Crippen molar-refractivity contribution in [3.63, 3.8) is 0 Å². The molecule has 0 saturated heterocycles. The molecule has 1 unspecified atom stereocenters. The van der Waals surface area contributed by atoms with Crippen LogP contribution in [0.4, 0.5) is 4.79 Å². The lowest BCUT2D eigenvalue weighted by molar-refractivity contribution is -0.153. The van der Waals surface area contributed by atoms with E-state index in [4.69, 9.17) is 9.84 Å². The van der Waals surface area contributed by atoms with Crippen LogP contribution in [0.25, 0.3) is 0 Å². The Morgan fingerprint density at radius 3 is 2.49 bits per heavy atom. The number of hydrogen-bond donors (Lipinski definition) is 5. The number of phenols is 1. The smallest absolute Gasteiger partial charge is 0.407 e. The molecule has 0 aliphatic rings. The van der Waals surface area contributed by atoms with Crippen LogP contribution in [-0.2, 0) is 20.8 Å². The van der Waals surface area contributed by atoms with Crippen LogP contribution < -0.4 is 16.0 Å². The number of aryl methyl sites for hydroxylation is 1. The Balaban J connectivity index is 2.04. The number of aliphatic hydroxyl groups excluding tert-OH is 1. The molecule has 0 saturated carbocycles. The third-order valence-corrected chi connectivity index (χ3v) is 4.68. The molecule has 0 fully saturated rings. The zero-order valence-electron chi connectivity index (χ0n) is 19.1. The molecule has 3 amide bonds. The van der Waals surface area contributed by atoms with Crippen molar-refractivity contribution in [1.82, 2.24) is 16.0 Å². The summed E-state index contributed by atoms with van der Waals surface area (Å²) in [4.78, 5) is 49.0. The van der Waals surface area contributed by atoms with Gasteiger partial charge in [-0.3, -0.25) is 9.59 Å². The second kappa shape index (κ2) is 13.4. The van der Waals surface area contributed by atoms with E-state index < -0.39 is 30.8 Å². The predicted molar refractivity (Wildman–Crippen MR) is 124 cm³/mol. The number of carbonyl (C=O) groups is 4. The zero-order valence-corrected chi connectivity index (χ0v) is 19.1. The van der Waals surface area contributed by atoms with Gasteiger partial charge in [0.15, 0.2) is 6.79 Å². The van der Waals surface area contributed by atoms with Crippen molar-refractivity contribution in [1.29, 1.82) is 0 Å². The summed E-state index contributed by atoms with van der Waals surface area (Å²) in [6, 6.07) is 9.55. The highest BCUT2D eigenvalue weighted by atomic mass is 16.6. The molecule has 2 rings (SSSR count). The van der Waals surface area contributed by atoms with E-state index in [1.807, 2.05) is 0 Å². The van der Waals surface area contributed by atoms with Crippen LogP contribution in [0, 0.1) is 6.92 Å². The molecule has 11 heteroatoms. The number of esters is 1. The minimum Gasteiger partial charge on any atom is -0.508 e. The summed E-state index contributed by atoms with van der Waals surface area (Å²) in [6.45, 7) is 3.92. The number of nitrogens with one attached hydrogen (secondary N) is 3. The fourth-order valence-electron chi connectivity index (χ4n) is 2.98. The van der Waals surface area contributed by atoms with E-state index in [-0.39, 0.29) is 36.9 Å². The molecule has 11 nitrogen and oxygen atoms in total. The van der Waals surface area contributed by atoms with Crippen LogP contribution in [0.15, 0.2) is 55.1 Å². The number of hydrogen-bond acceptors (Lipinski definition) is 8. The summed E-state index contributed by atoms with van der Waals surface area (Å²) in [6.07, 6.45) is 0.524. The number of carbonyl (C=O) groups excluding carboxylic acids is 4. The van der Waals surface area contributed by atoms with Crippen molar-refractivity contribution in [3.05, 3.63) is 77.4 Å². The number of aromatic hydroxyl groups is 1. The lowest BCUT2D eigenvalue weighted by Crippen LogP contribution is -2.49. The van der Waals surface area contributed by atoms with Crippen molar-refractivity contribution in [2.75, 3.05) is 19.9 Å². The van der Waals surface area contributed by atoms with Gasteiger partial charge >= 0.3 is 12.1 Å². The SMILES string of the molecule is C=CCOC(=O)NCC(NC(=O)c1ccc(C(=O)NCc2cccc(O)c2)cc1C)C(=O)OCO. The molecule has 0 aliphatic carbocycles. The molecule has 186 valence electrons. The maximum atomic E-state index is 12.8. The van der Waals surface area contributed by atoms with Gasteiger partial charge in [0.25, 0.3) is 11.8 Å². The summed E-state index contributed by atoms with van der Waals surface area (Å²) >= 11 is 0. The molecule has 0 bridgehead atoms. The van der Waals surface area contributed by atoms with Gasteiger partial charge in [0, 0.05) is 17.7 Å². The van der Waals surface area contributed by atoms with Crippen LogP contribution in [0.5, 0.6) is 5.75 Å². The van der Waals surface area contributed by atoms with E-state index >= 15 is 0 Å². The number of aliphatic hydroxyl groups is 1. The standard InChI is InChI=1S/C24H27N3O8/c1-3-9-34-24(33)26-13-20(23(32)35-14-28)27-22(31)19-8-7-17(10-15(19)2)21(30)25-12-16-5-4-6-18(29)11-16/h3-8,10-11,20,28-29H,1,9,12-14H2,2H3,(H,25,30)(H,26,33)(H,27,31). The number of alkyl carbamates (subject to hydrolysis) is 1. The molecule has 0 aromatic heterocycles. The maximum Gasteiger partial charge on any atom is 0.407 e. The molecule has 1 atom stereocenters. The van der Waals surface area contributed by atoms with Gasteiger partial charge in [-0.2, -0.15) is 0 Å². The Kier molecular flexibility index (Phi) is 10.3. The van der Waals surface area contributed by atoms with Gasteiger partial charge in [-0.25, -0.2) is 9.59 Å². The van der Waals surface area contributed by atoms with Crippen molar-refractivity contribution in [2.45, 2.75) is 19.5 Å². The topological polar surface area (TPSA) is 163 Å². The first-order chi connectivity index (χ1) is 16.7. The largest absolute Gasteiger partial charge is 0.508 e. The molecule has 0 spiro atoms. The lowest BCUT2D eigenvalue weighted by Gasteiger charge is -2.18. The summed E-state index contributed by atoms with van der Waals surface area (Å²) in [5, 5.41) is 25.8. The monoisotopic (exact) mass is 485 g/mol. The third kappa shape index (κ3) is 8.48. The zero-order chi connectivity index (χ0) is 25.8. The van der Waals surface area contributed by atoms with Gasteiger partial charge in [-0.15, -0.1) is 0 Å². The number of benzene rings is 2. The molecule has 0 aliphatic heterocycles. The molecular formula is C24H27N3O8. The minimum absolute atomic E-state index is 0.0448. The van der Waals surface area contributed by atoms with Gasteiger partial charge in [-0.05, 0) is 48.4 Å². The van der Waals surface area contributed by atoms with Gasteiger partial charge < -0.3 is 35.6 Å². The third-order valence-electron chi connectivity index (χ3n) is 4.68. The number of ether oxygens (including phenoxy) is 2. The van der Waals surface area contributed by atoms with E-state index in [0.717, 1.165) is 0 Å². The quantitative estimate of drug-likeness (QED) is 0.180. The van der Waals surface area contributed by atoms with Gasteiger partial charge in [-0.1, -0.05) is 24.8 Å². The predicted octanol–water partition coefficient (Wildman–Crippen LogP) is 1.13. The van der Waals surface area contributed by atoms with E-state index in [1.54, 1.807) is 19.1 Å². The van der Waals surface area contributed by atoms with Gasteiger partial charge in [0.2, 0.25) is 0 Å². The minimum atomic E-state index is -1.31. The highest BCUT2D eigenvalue weighted by Gasteiger charge is 2.25.